The standard InChI is InChI=1S/C36H39N5.Pt/c1-34(2,3)31-23-32(35(4,5)6)41(38-31)26-17-18-28-30(22-26)40(29-16-11-10-15-27(29)36(28,7)8)25-14-12-13-24(21-25)33-37-19-20-39(33)9;/h10-20,23H,1-9H3;/q-2;+2. The van der Waals surface area contributed by atoms with E-state index in [1.54, 1.807) is 0 Å². The Balaban J connectivity index is 0.00000353. The number of aryl methyl sites for hydroxylation is 1. The molecule has 5 nitrogen and oxygen atoms in total. The van der Waals surface area contributed by atoms with Crippen molar-refractivity contribution in [1.29, 1.82) is 0 Å². The molecule has 6 heteroatoms. The number of hydrogen-bond acceptors (Lipinski definition) is 3. The first kappa shape index (κ1) is 30.0. The van der Waals surface area contributed by atoms with Crippen LogP contribution in [0.3, 0.4) is 0 Å². The zero-order valence-electron chi connectivity index (χ0n) is 26.0. The zero-order chi connectivity index (χ0) is 29.3. The molecule has 3 aromatic carbocycles. The van der Waals surface area contributed by atoms with Crippen molar-refractivity contribution in [3.05, 3.63) is 108 Å². The summed E-state index contributed by atoms with van der Waals surface area (Å²) in [6.07, 6.45) is 3.79. The fourth-order valence-electron chi connectivity index (χ4n) is 5.80. The zero-order valence-corrected chi connectivity index (χ0v) is 28.3. The second-order valence-corrected chi connectivity index (χ2v) is 13.7. The Bertz CT molecular complexity index is 1760. The van der Waals surface area contributed by atoms with E-state index < -0.39 is 0 Å². The van der Waals surface area contributed by atoms with Gasteiger partial charge in [0.05, 0.1) is 11.5 Å². The number of hydrogen-bond donors (Lipinski definition) is 0. The molecule has 0 fully saturated rings. The van der Waals surface area contributed by atoms with Gasteiger partial charge in [0.15, 0.2) is 0 Å². The predicted molar refractivity (Wildman–Crippen MR) is 168 cm³/mol. The largest absolute Gasteiger partial charge is 2.00 e. The van der Waals surface area contributed by atoms with E-state index >= 15 is 0 Å². The summed E-state index contributed by atoms with van der Waals surface area (Å²) in [7, 11) is 2.01. The number of benzene rings is 3. The first-order chi connectivity index (χ1) is 19.3. The molecule has 42 heavy (non-hydrogen) atoms. The van der Waals surface area contributed by atoms with E-state index in [1.807, 2.05) is 24.0 Å². The minimum Gasteiger partial charge on any atom is -0.373 e. The van der Waals surface area contributed by atoms with Crippen molar-refractivity contribution in [2.24, 2.45) is 7.05 Å². The van der Waals surface area contributed by atoms with E-state index in [0.29, 0.717) is 0 Å². The first-order valence-electron chi connectivity index (χ1n) is 14.3. The summed E-state index contributed by atoms with van der Waals surface area (Å²) < 4.78 is 4.13. The van der Waals surface area contributed by atoms with E-state index in [-0.39, 0.29) is 37.3 Å². The molecule has 218 valence electrons. The molecule has 5 aromatic rings. The molecular weight excluding hydrogens is 698 g/mol. The van der Waals surface area contributed by atoms with Crippen LogP contribution in [0.2, 0.25) is 0 Å². The molecule has 1 aliphatic heterocycles. The minimum absolute atomic E-state index is 0. The van der Waals surface area contributed by atoms with E-state index in [4.69, 9.17) is 5.10 Å². The predicted octanol–water partition coefficient (Wildman–Crippen LogP) is 8.57. The quantitative estimate of drug-likeness (QED) is 0.174. The minimum atomic E-state index is -0.206. The molecule has 1 aliphatic rings. The fourth-order valence-corrected chi connectivity index (χ4v) is 5.80. The molecule has 0 saturated heterocycles. The Kier molecular flexibility index (Phi) is 7.42. The molecule has 0 unspecified atom stereocenters. The Morgan fingerprint density at radius 1 is 0.786 bits per heavy atom. The third-order valence-corrected chi connectivity index (χ3v) is 8.18. The molecule has 6 rings (SSSR count). The molecule has 0 amide bonds. The SMILES string of the molecule is Cn1ccnc1-c1[c-]c(N2c3[c-]c(-n4nc(C(C)(C)C)cc4C(C)(C)C)ccc3C(C)(C)c3ccccc32)ccc1.[Pt+2]. The third kappa shape index (κ3) is 4.96. The summed E-state index contributed by atoms with van der Waals surface area (Å²) in [5.74, 6) is 0.886. The van der Waals surface area contributed by atoms with Crippen molar-refractivity contribution in [1.82, 2.24) is 19.3 Å². The van der Waals surface area contributed by atoms with Gasteiger partial charge in [0.25, 0.3) is 0 Å². The second kappa shape index (κ2) is 10.4. The first-order valence-corrected chi connectivity index (χ1v) is 14.3. The molecule has 2 aromatic heterocycles. The van der Waals surface area contributed by atoms with Crippen molar-refractivity contribution in [3.63, 3.8) is 0 Å². The maximum Gasteiger partial charge on any atom is 2.00 e. The van der Waals surface area contributed by atoms with Gasteiger partial charge in [0.2, 0.25) is 0 Å². The van der Waals surface area contributed by atoms with Crippen LogP contribution in [0, 0.1) is 12.1 Å². The summed E-state index contributed by atoms with van der Waals surface area (Å²) in [5, 5.41) is 5.15. The average Bonchev–Trinajstić information content (AvgIpc) is 3.56. The Morgan fingerprint density at radius 3 is 2.19 bits per heavy atom. The topological polar surface area (TPSA) is 38.9 Å². The van der Waals surface area contributed by atoms with Gasteiger partial charge in [0.1, 0.15) is 0 Å². The molecule has 0 radical (unpaired) electrons. The van der Waals surface area contributed by atoms with Gasteiger partial charge in [-0.2, -0.15) is 11.2 Å². The molecule has 0 atom stereocenters. The maximum absolute atomic E-state index is 5.15. The van der Waals surface area contributed by atoms with Crippen molar-refractivity contribution in [2.75, 3.05) is 4.90 Å². The summed E-state index contributed by atoms with van der Waals surface area (Å²) in [4.78, 5) is 6.89. The van der Waals surface area contributed by atoms with Crippen LogP contribution in [0.5, 0.6) is 0 Å². The van der Waals surface area contributed by atoms with Crippen LogP contribution in [0.4, 0.5) is 17.1 Å². The van der Waals surface area contributed by atoms with Crippen molar-refractivity contribution >= 4 is 17.1 Å². The number of rotatable bonds is 3. The van der Waals surface area contributed by atoms with Gasteiger partial charge < -0.3 is 9.47 Å². The van der Waals surface area contributed by atoms with Crippen LogP contribution in [-0.4, -0.2) is 19.3 Å². The van der Waals surface area contributed by atoms with Crippen LogP contribution in [0.25, 0.3) is 17.1 Å². The Morgan fingerprint density at radius 2 is 1.52 bits per heavy atom. The van der Waals surface area contributed by atoms with E-state index in [1.165, 1.54) is 16.8 Å². The smallest absolute Gasteiger partial charge is 0.373 e. The number of aromatic nitrogens is 4. The Hall–Kier alpha value is -3.43. The van der Waals surface area contributed by atoms with Crippen molar-refractivity contribution in [2.45, 2.75) is 71.6 Å². The van der Waals surface area contributed by atoms with Crippen molar-refractivity contribution in [3.8, 4) is 17.1 Å². The number of anilines is 3. The van der Waals surface area contributed by atoms with E-state index in [0.717, 1.165) is 39.8 Å². The van der Waals surface area contributed by atoms with Gasteiger partial charge in [-0.15, -0.1) is 47.5 Å². The number of imidazole rings is 1. The fraction of sp³-hybridized carbons (Fsp3) is 0.333. The van der Waals surface area contributed by atoms with Gasteiger partial charge in [-0.1, -0.05) is 79.3 Å². The molecule has 0 spiro atoms. The van der Waals surface area contributed by atoms with Crippen LogP contribution in [0.15, 0.2) is 73.1 Å². The third-order valence-electron chi connectivity index (χ3n) is 8.18. The van der Waals surface area contributed by atoms with Gasteiger partial charge in [0, 0.05) is 41.7 Å². The van der Waals surface area contributed by atoms with Gasteiger partial charge in [-0.25, -0.2) is 0 Å². The normalized spacial score (nSPS) is 14.3. The monoisotopic (exact) mass is 736 g/mol. The summed E-state index contributed by atoms with van der Waals surface area (Å²) >= 11 is 0. The summed E-state index contributed by atoms with van der Waals surface area (Å²) in [5.41, 5.74) is 9.38. The van der Waals surface area contributed by atoms with Gasteiger partial charge >= 0.3 is 21.1 Å². The molecular formula is C36H39N5Pt. The summed E-state index contributed by atoms with van der Waals surface area (Å²) in [6, 6.07) is 29.2. The van der Waals surface area contributed by atoms with Crippen LogP contribution < -0.4 is 4.90 Å². The van der Waals surface area contributed by atoms with E-state index in [2.05, 4.69) is 143 Å². The summed E-state index contributed by atoms with van der Waals surface area (Å²) in [6.45, 7) is 18.0. The molecule has 0 aliphatic carbocycles. The van der Waals surface area contributed by atoms with Crippen LogP contribution in [-0.2, 0) is 44.4 Å². The maximum atomic E-state index is 5.15. The molecule has 0 N–H and O–H groups in total. The van der Waals surface area contributed by atoms with E-state index in [9.17, 15) is 0 Å². The van der Waals surface area contributed by atoms with Crippen molar-refractivity contribution < 1.29 is 21.1 Å². The average molecular weight is 737 g/mol. The second-order valence-electron chi connectivity index (χ2n) is 13.7. The van der Waals surface area contributed by atoms with Crippen LogP contribution in [0.1, 0.15) is 77.9 Å². The number of para-hydroxylation sites is 1. The van der Waals surface area contributed by atoms with Gasteiger partial charge in [-0.3, -0.25) is 9.67 Å². The van der Waals surface area contributed by atoms with Gasteiger partial charge in [-0.05, 0) is 34.5 Å². The van der Waals surface area contributed by atoms with Crippen LogP contribution >= 0.6 is 0 Å². The Labute approximate surface area is 264 Å². The molecule has 0 bridgehead atoms. The molecule has 0 saturated carbocycles. The molecule has 3 heterocycles. The number of fused-ring (bicyclic) bond motifs is 2. The number of nitrogens with zero attached hydrogens (tertiary/aromatic N) is 5.